The van der Waals surface area contributed by atoms with Gasteiger partial charge in [-0.15, -0.1) is 0 Å². The van der Waals surface area contributed by atoms with Gasteiger partial charge in [-0.1, -0.05) is 34.1 Å². The van der Waals surface area contributed by atoms with E-state index in [4.69, 9.17) is 0 Å². The van der Waals surface area contributed by atoms with Gasteiger partial charge in [-0.05, 0) is 70.6 Å². The number of carbonyl (C=O) groups is 1. The lowest BCUT2D eigenvalue weighted by atomic mass is 10.1. The number of allylic oxidation sites excluding steroid dienone is 1. The minimum Gasteiger partial charge on any atom is -0.289 e. The van der Waals surface area contributed by atoms with Crippen LogP contribution in [0.15, 0.2) is 59.1 Å². The minimum absolute atomic E-state index is 0.0151. The van der Waals surface area contributed by atoms with Crippen molar-refractivity contribution in [2.75, 3.05) is 0 Å². The summed E-state index contributed by atoms with van der Waals surface area (Å²) in [7, 11) is 0. The van der Waals surface area contributed by atoms with E-state index in [1.54, 1.807) is 6.08 Å². The molecule has 0 aliphatic heterocycles. The first-order valence-corrected chi connectivity index (χ1v) is 7.26. The molecule has 0 atom stereocenters. The van der Waals surface area contributed by atoms with Gasteiger partial charge in [0.25, 0.3) is 0 Å². The smallest absolute Gasteiger partial charge is 0.185 e. The lowest BCUT2D eigenvalue weighted by molar-refractivity contribution is 0.104. The number of benzene rings is 2. The number of hydrogen-bond acceptors (Lipinski definition) is 1. The lowest BCUT2D eigenvalue weighted by Gasteiger charge is -1.97. The number of ketones is 1. The van der Waals surface area contributed by atoms with Gasteiger partial charge in [0, 0.05) is 13.6 Å². The van der Waals surface area contributed by atoms with E-state index < -0.39 is 0 Å². The van der Waals surface area contributed by atoms with Crippen LogP contribution in [-0.4, -0.2) is 5.78 Å². The second-order valence-corrected chi connectivity index (χ2v) is 5.92. The van der Waals surface area contributed by atoms with Gasteiger partial charge in [-0.3, -0.25) is 4.79 Å². The van der Waals surface area contributed by atoms with Crippen molar-refractivity contribution in [3.63, 3.8) is 0 Å². The Kier molecular flexibility index (Phi) is 4.72. The molecule has 0 fully saturated rings. The molecule has 2 aromatic carbocycles. The molecule has 0 aliphatic rings. The largest absolute Gasteiger partial charge is 0.289 e. The van der Waals surface area contributed by atoms with Gasteiger partial charge < -0.3 is 0 Å². The molecule has 18 heavy (non-hydrogen) atoms. The van der Waals surface area contributed by atoms with E-state index in [-0.39, 0.29) is 5.78 Å². The predicted molar refractivity (Wildman–Crippen MR) is 86.7 cm³/mol. The van der Waals surface area contributed by atoms with Crippen LogP contribution in [0.5, 0.6) is 0 Å². The van der Waals surface area contributed by atoms with Crippen LogP contribution in [0, 0.1) is 3.57 Å². The SMILES string of the molecule is O=C(C=Cc1cccc(I)c1)c1ccc(Br)cc1. The molecule has 0 N–H and O–H groups in total. The molecule has 0 unspecified atom stereocenters. The molecule has 2 aromatic rings. The molecule has 0 spiro atoms. The number of rotatable bonds is 3. The summed E-state index contributed by atoms with van der Waals surface area (Å²) in [5.41, 5.74) is 1.73. The Morgan fingerprint density at radius 1 is 1.11 bits per heavy atom. The van der Waals surface area contributed by atoms with Crippen molar-refractivity contribution in [3.8, 4) is 0 Å². The predicted octanol–water partition coefficient (Wildman–Crippen LogP) is 4.95. The molecule has 0 aliphatic carbocycles. The number of hydrogen-bond donors (Lipinski definition) is 0. The molecule has 0 saturated heterocycles. The molecule has 0 heterocycles. The molecular weight excluding hydrogens is 403 g/mol. The Bertz CT molecular complexity index is 588. The zero-order chi connectivity index (χ0) is 13.0. The topological polar surface area (TPSA) is 17.1 Å². The molecule has 0 saturated carbocycles. The van der Waals surface area contributed by atoms with Gasteiger partial charge in [0.1, 0.15) is 0 Å². The summed E-state index contributed by atoms with van der Waals surface area (Å²) in [5, 5.41) is 0. The zero-order valence-electron chi connectivity index (χ0n) is 9.44. The highest BCUT2D eigenvalue weighted by Crippen LogP contribution is 2.13. The molecule has 2 rings (SSSR count). The third kappa shape index (κ3) is 3.78. The molecule has 0 radical (unpaired) electrons. The normalized spacial score (nSPS) is 10.8. The Hall–Kier alpha value is -0.940. The molecule has 0 bridgehead atoms. The van der Waals surface area contributed by atoms with E-state index in [0.717, 1.165) is 13.6 Å². The highest BCUT2D eigenvalue weighted by Gasteiger charge is 2.00. The van der Waals surface area contributed by atoms with Crippen LogP contribution >= 0.6 is 38.5 Å². The van der Waals surface area contributed by atoms with E-state index in [1.807, 2.05) is 54.6 Å². The van der Waals surface area contributed by atoms with Crippen LogP contribution in [0.25, 0.3) is 6.08 Å². The van der Waals surface area contributed by atoms with Gasteiger partial charge in [0.05, 0.1) is 0 Å². The maximum Gasteiger partial charge on any atom is 0.185 e. The first kappa shape index (κ1) is 13.5. The maximum atomic E-state index is 11.9. The van der Waals surface area contributed by atoms with Crippen LogP contribution in [0.3, 0.4) is 0 Å². The van der Waals surface area contributed by atoms with Crippen LogP contribution in [0.4, 0.5) is 0 Å². The fourth-order valence-electron chi connectivity index (χ4n) is 1.49. The third-order valence-electron chi connectivity index (χ3n) is 2.40. The molecule has 90 valence electrons. The first-order chi connectivity index (χ1) is 8.65. The second-order valence-electron chi connectivity index (χ2n) is 3.76. The summed E-state index contributed by atoms with van der Waals surface area (Å²) in [6.07, 6.45) is 3.45. The Labute approximate surface area is 128 Å². The third-order valence-corrected chi connectivity index (χ3v) is 3.60. The molecule has 0 amide bonds. The summed E-state index contributed by atoms with van der Waals surface area (Å²) in [6.45, 7) is 0. The quantitative estimate of drug-likeness (QED) is 0.396. The van der Waals surface area contributed by atoms with Crippen molar-refractivity contribution >= 4 is 50.4 Å². The Morgan fingerprint density at radius 2 is 1.83 bits per heavy atom. The van der Waals surface area contributed by atoms with Gasteiger partial charge in [0.15, 0.2) is 5.78 Å². The van der Waals surface area contributed by atoms with Crippen LogP contribution in [0.2, 0.25) is 0 Å². The van der Waals surface area contributed by atoms with Crippen molar-refractivity contribution in [2.45, 2.75) is 0 Å². The fourth-order valence-corrected chi connectivity index (χ4v) is 2.32. The minimum atomic E-state index is 0.0151. The monoisotopic (exact) mass is 412 g/mol. The standard InChI is InChI=1S/C15H10BrIO/c16-13-7-5-12(6-8-13)15(18)9-4-11-2-1-3-14(17)10-11/h1-10H. The van der Waals surface area contributed by atoms with Crippen molar-refractivity contribution in [2.24, 2.45) is 0 Å². The van der Waals surface area contributed by atoms with Gasteiger partial charge >= 0.3 is 0 Å². The van der Waals surface area contributed by atoms with Gasteiger partial charge in [-0.25, -0.2) is 0 Å². The molecule has 0 aromatic heterocycles. The van der Waals surface area contributed by atoms with E-state index in [1.165, 1.54) is 0 Å². The fraction of sp³-hybridized carbons (Fsp3) is 0. The van der Waals surface area contributed by atoms with E-state index in [2.05, 4.69) is 38.5 Å². The molecular formula is C15H10BrIO. The van der Waals surface area contributed by atoms with Crippen molar-refractivity contribution in [1.29, 1.82) is 0 Å². The summed E-state index contributed by atoms with van der Waals surface area (Å²) < 4.78 is 2.13. The van der Waals surface area contributed by atoms with Gasteiger partial charge in [-0.2, -0.15) is 0 Å². The van der Waals surface area contributed by atoms with Crippen molar-refractivity contribution in [1.82, 2.24) is 0 Å². The second kappa shape index (κ2) is 6.29. The van der Waals surface area contributed by atoms with Gasteiger partial charge in [0.2, 0.25) is 0 Å². The summed E-state index contributed by atoms with van der Waals surface area (Å²) in [5.74, 6) is 0.0151. The van der Waals surface area contributed by atoms with Crippen LogP contribution < -0.4 is 0 Å². The summed E-state index contributed by atoms with van der Waals surface area (Å²) in [6, 6.07) is 15.4. The number of carbonyl (C=O) groups excluding carboxylic acids is 1. The molecule has 1 nitrogen and oxygen atoms in total. The first-order valence-electron chi connectivity index (χ1n) is 5.39. The lowest BCUT2D eigenvalue weighted by Crippen LogP contribution is -1.93. The average molecular weight is 413 g/mol. The number of halogens is 2. The van der Waals surface area contributed by atoms with E-state index in [0.29, 0.717) is 5.56 Å². The highest BCUT2D eigenvalue weighted by molar-refractivity contribution is 14.1. The Balaban J connectivity index is 2.14. The maximum absolute atomic E-state index is 11.9. The summed E-state index contributed by atoms with van der Waals surface area (Å²) in [4.78, 5) is 11.9. The van der Waals surface area contributed by atoms with E-state index in [9.17, 15) is 4.79 Å². The molecule has 3 heteroatoms. The van der Waals surface area contributed by atoms with Crippen molar-refractivity contribution < 1.29 is 4.79 Å². The van der Waals surface area contributed by atoms with Crippen molar-refractivity contribution in [3.05, 3.63) is 73.8 Å². The van der Waals surface area contributed by atoms with Crippen LogP contribution in [0.1, 0.15) is 15.9 Å². The zero-order valence-corrected chi connectivity index (χ0v) is 13.2. The van der Waals surface area contributed by atoms with Crippen LogP contribution in [-0.2, 0) is 0 Å². The van der Waals surface area contributed by atoms with E-state index >= 15 is 0 Å². The Morgan fingerprint density at radius 3 is 2.50 bits per heavy atom. The summed E-state index contributed by atoms with van der Waals surface area (Å²) >= 11 is 5.60. The average Bonchev–Trinajstić information content (AvgIpc) is 2.37. The highest BCUT2D eigenvalue weighted by atomic mass is 127.